The molecule has 2 heteroatoms. The van der Waals surface area contributed by atoms with Gasteiger partial charge in [0.2, 0.25) is 0 Å². The van der Waals surface area contributed by atoms with E-state index in [2.05, 4.69) is 49.1 Å². The number of rotatable bonds is 5. The van der Waals surface area contributed by atoms with Crippen LogP contribution >= 0.6 is 0 Å². The summed E-state index contributed by atoms with van der Waals surface area (Å²) < 4.78 is 0. The van der Waals surface area contributed by atoms with Crippen LogP contribution in [0.4, 0.5) is 0 Å². The van der Waals surface area contributed by atoms with E-state index in [1.807, 2.05) is 0 Å². The number of hydrogen-bond acceptors (Lipinski definition) is 2. The third-order valence-corrected chi connectivity index (χ3v) is 4.94. The highest BCUT2D eigenvalue weighted by atomic mass is 16.3. The van der Waals surface area contributed by atoms with Crippen molar-refractivity contribution in [3.63, 3.8) is 0 Å². The lowest BCUT2D eigenvalue weighted by molar-refractivity contribution is -0.0569. The zero-order chi connectivity index (χ0) is 14.4. The quantitative estimate of drug-likeness (QED) is 0.878. The van der Waals surface area contributed by atoms with E-state index in [4.69, 9.17) is 0 Å². The Labute approximate surface area is 123 Å². The first-order valence-corrected chi connectivity index (χ1v) is 8.20. The molecule has 0 aliphatic carbocycles. The van der Waals surface area contributed by atoms with Crippen molar-refractivity contribution in [1.29, 1.82) is 0 Å². The second-order valence-electron chi connectivity index (χ2n) is 6.13. The van der Waals surface area contributed by atoms with Crippen molar-refractivity contribution < 1.29 is 5.11 Å². The third-order valence-electron chi connectivity index (χ3n) is 4.94. The maximum atomic E-state index is 11.0. The summed E-state index contributed by atoms with van der Waals surface area (Å²) >= 11 is 0. The van der Waals surface area contributed by atoms with Gasteiger partial charge in [0.25, 0.3) is 0 Å². The highest BCUT2D eigenvalue weighted by Gasteiger charge is 2.37. The van der Waals surface area contributed by atoms with Crippen molar-refractivity contribution in [3.8, 4) is 0 Å². The number of aliphatic hydroxyl groups is 1. The molecule has 1 aromatic carbocycles. The summed E-state index contributed by atoms with van der Waals surface area (Å²) in [5.74, 6) is 0. The summed E-state index contributed by atoms with van der Waals surface area (Å²) in [4.78, 5) is 2.52. The van der Waals surface area contributed by atoms with Crippen LogP contribution in [0.15, 0.2) is 30.3 Å². The largest absolute Gasteiger partial charge is 0.388 e. The van der Waals surface area contributed by atoms with Crippen LogP contribution in [-0.4, -0.2) is 28.2 Å². The van der Waals surface area contributed by atoms with Crippen molar-refractivity contribution in [1.82, 2.24) is 4.90 Å². The van der Waals surface area contributed by atoms with Crippen LogP contribution in [0.3, 0.4) is 0 Å². The minimum Gasteiger partial charge on any atom is -0.388 e. The van der Waals surface area contributed by atoms with Gasteiger partial charge in [-0.1, -0.05) is 57.0 Å². The maximum absolute atomic E-state index is 11.0. The van der Waals surface area contributed by atoms with Gasteiger partial charge in [-0.15, -0.1) is 0 Å². The van der Waals surface area contributed by atoms with E-state index in [1.165, 1.54) is 24.8 Å². The molecule has 1 fully saturated rings. The fourth-order valence-electron chi connectivity index (χ4n) is 3.50. The Morgan fingerprint density at radius 3 is 2.45 bits per heavy atom. The molecule has 1 aliphatic rings. The molecule has 2 nitrogen and oxygen atoms in total. The Bertz CT molecular complexity index is 386. The fraction of sp³-hybridized carbons (Fsp3) is 0.667. The second-order valence-corrected chi connectivity index (χ2v) is 6.13. The SMILES string of the molecule is CCC(O)(CC)C1CCCCCN1Cc1ccccc1. The van der Waals surface area contributed by atoms with Gasteiger partial charge in [-0.3, -0.25) is 4.90 Å². The lowest BCUT2D eigenvalue weighted by Crippen LogP contribution is -2.51. The molecular weight excluding hydrogens is 246 g/mol. The van der Waals surface area contributed by atoms with E-state index in [0.717, 1.165) is 32.4 Å². The topological polar surface area (TPSA) is 23.5 Å². The van der Waals surface area contributed by atoms with Crippen molar-refractivity contribution in [2.45, 2.75) is 70.6 Å². The lowest BCUT2D eigenvalue weighted by Gasteiger charge is -2.41. The average Bonchev–Trinajstić information content (AvgIpc) is 2.73. The highest BCUT2D eigenvalue weighted by molar-refractivity contribution is 5.15. The molecule has 1 aromatic rings. The summed E-state index contributed by atoms with van der Waals surface area (Å²) in [6.45, 7) is 6.32. The molecule has 1 aliphatic heterocycles. The zero-order valence-corrected chi connectivity index (χ0v) is 13.0. The number of hydrogen-bond donors (Lipinski definition) is 1. The molecule has 1 atom stereocenters. The summed E-state index contributed by atoms with van der Waals surface area (Å²) in [6.07, 6.45) is 6.63. The van der Waals surface area contributed by atoms with Gasteiger partial charge < -0.3 is 5.11 Å². The molecule has 2 rings (SSSR count). The van der Waals surface area contributed by atoms with Gasteiger partial charge in [0.05, 0.1) is 5.60 Å². The van der Waals surface area contributed by atoms with Gasteiger partial charge in [0, 0.05) is 12.6 Å². The second kappa shape index (κ2) is 7.24. The van der Waals surface area contributed by atoms with Gasteiger partial charge in [-0.25, -0.2) is 0 Å². The minimum atomic E-state index is -0.529. The molecule has 0 aromatic heterocycles. The van der Waals surface area contributed by atoms with E-state index >= 15 is 0 Å². The fourth-order valence-corrected chi connectivity index (χ4v) is 3.50. The molecule has 1 N–H and O–H groups in total. The van der Waals surface area contributed by atoms with E-state index in [1.54, 1.807) is 0 Å². The van der Waals surface area contributed by atoms with Crippen LogP contribution in [0, 0.1) is 0 Å². The molecule has 1 heterocycles. The Hall–Kier alpha value is -0.860. The zero-order valence-electron chi connectivity index (χ0n) is 13.0. The molecule has 0 saturated carbocycles. The molecule has 1 unspecified atom stereocenters. The van der Waals surface area contributed by atoms with Gasteiger partial charge in [0.1, 0.15) is 0 Å². The lowest BCUT2D eigenvalue weighted by atomic mass is 9.85. The Morgan fingerprint density at radius 1 is 1.10 bits per heavy atom. The number of nitrogens with zero attached hydrogens (tertiary/aromatic N) is 1. The van der Waals surface area contributed by atoms with Crippen molar-refractivity contribution in [2.75, 3.05) is 6.54 Å². The summed E-state index contributed by atoms with van der Waals surface area (Å²) in [5, 5.41) is 11.0. The molecular formula is C18H29NO. The van der Waals surface area contributed by atoms with E-state index in [-0.39, 0.29) is 0 Å². The Balaban J connectivity index is 2.17. The van der Waals surface area contributed by atoms with Crippen molar-refractivity contribution >= 4 is 0 Å². The van der Waals surface area contributed by atoms with Crippen LogP contribution in [0.5, 0.6) is 0 Å². The van der Waals surface area contributed by atoms with Crippen LogP contribution in [-0.2, 0) is 6.54 Å². The standard InChI is InChI=1S/C18H29NO/c1-3-18(20,4-2)17-13-9-6-10-14-19(17)15-16-11-7-5-8-12-16/h5,7-8,11-12,17,20H,3-4,6,9-10,13-15H2,1-2H3. The minimum absolute atomic E-state index is 0.306. The third kappa shape index (κ3) is 3.62. The van der Waals surface area contributed by atoms with Crippen LogP contribution in [0.1, 0.15) is 57.9 Å². The maximum Gasteiger partial charge on any atom is 0.0797 e. The van der Waals surface area contributed by atoms with Gasteiger partial charge >= 0.3 is 0 Å². The van der Waals surface area contributed by atoms with Crippen LogP contribution in [0.25, 0.3) is 0 Å². The monoisotopic (exact) mass is 275 g/mol. The molecule has 0 spiro atoms. The Morgan fingerprint density at radius 2 is 1.80 bits per heavy atom. The first-order chi connectivity index (χ1) is 9.69. The number of likely N-dealkylation sites (tertiary alicyclic amines) is 1. The van der Waals surface area contributed by atoms with E-state index in [9.17, 15) is 5.11 Å². The van der Waals surface area contributed by atoms with Crippen molar-refractivity contribution in [3.05, 3.63) is 35.9 Å². The molecule has 1 saturated heterocycles. The number of benzene rings is 1. The summed E-state index contributed by atoms with van der Waals surface area (Å²) in [7, 11) is 0. The highest BCUT2D eigenvalue weighted by Crippen LogP contribution is 2.31. The van der Waals surface area contributed by atoms with Gasteiger partial charge in [-0.2, -0.15) is 0 Å². The molecule has 0 amide bonds. The normalized spacial score (nSPS) is 21.6. The van der Waals surface area contributed by atoms with E-state index in [0.29, 0.717) is 6.04 Å². The molecule has 0 radical (unpaired) electrons. The summed E-state index contributed by atoms with van der Waals surface area (Å²) in [6, 6.07) is 11.0. The average molecular weight is 275 g/mol. The predicted octanol–water partition coefficient (Wildman–Crippen LogP) is 3.98. The van der Waals surface area contributed by atoms with E-state index < -0.39 is 5.60 Å². The van der Waals surface area contributed by atoms with Gasteiger partial charge in [0.15, 0.2) is 0 Å². The predicted molar refractivity (Wildman–Crippen MR) is 84.6 cm³/mol. The molecule has 0 bridgehead atoms. The smallest absolute Gasteiger partial charge is 0.0797 e. The van der Waals surface area contributed by atoms with Crippen LogP contribution < -0.4 is 0 Å². The van der Waals surface area contributed by atoms with Gasteiger partial charge in [-0.05, 0) is 37.8 Å². The molecule has 112 valence electrons. The Kier molecular flexibility index (Phi) is 5.62. The first kappa shape index (κ1) is 15.5. The van der Waals surface area contributed by atoms with Crippen LogP contribution in [0.2, 0.25) is 0 Å². The van der Waals surface area contributed by atoms with Crippen molar-refractivity contribution in [2.24, 2.45) is 0 Å². The first-order valence-electron chi connectivity index (χ1n) is 8.20. The molecule has 20 heavy (non-hydrogen) atoms. The summed E-state index contributed by atoms with van der Waals surface area (Å²) in [5.41, 5.74) is 0.827.